The second-order valence-corrected chi connectivity index (χ2v) is 9.75. The Morgan fingerprint density at radius 2 is 1.18 bits per heavy atom. The van der Waals surface area contributed by atoms with Crippen LogP contribution in [0, 0.1) is 0 Å². The Labute approximate surface area is 221 Å². The summed E-state index contributed by atoms with van der Waals surface area (Å²) < 4.78 is 11.1. The lowest BCUT2D eigenvalue weighted by Gasteiger charge is -2.11. The van der Waals surface area contributed by atoms with Gasteiger partial charge in [-0.15, -0.1) is 0 Å². The van der Waals surface area contributed by atoms with Crippen molar-refractivity contribution >= 4 is 65.6 Å². The first-order valence-corrected chi connectivity index (χ1v) is 12.9. The van der Waals surface area contributed by atoms with Crippen molar-refractivity contribution in [3.63, 3.8) is 0 Å². The summed E-state index contributed by atoms with van der Waals surface area (Å²) in [5, 5.41) is 6.84. The number of furan rings is 1. The molecule has 6 heteroatoms. The van der Waals surface area contributed by atoms with Crippen LogP contribution in [0.2, 0.25) is 0 Å². The summed E-state index contributed by atoms with van der Waals surface area (Å²) in [6.45, 7) is 0. The standard InChI is InChI=1S/C33H19N5O/c1-4-11-25-20(8-1)22-16-17-23-21-9-3-6-15-29(21)39-32(23)31(22)37(25)27-13-7-14-28-30(27)24-10-2-5-12-26(24)38(28)33-35-18-34-19-36-33/h1-19H. The molecule has 0 fully saturated rings. The maximum absolute atomic E-state index is 6.58. The smallest absolute Gasteiger partial charge is 0.237 e. The van der Waals surface area contributed by atoms with Crippen LogP contribution in [0.25, 0.3) is 77.2 Å². The third-order valence-electron chi connectivity index (χ3n) is 7.78. The first-order valence-electron chi connectivity index (χ1n) is 12.9. The number of fused-ring (bicyclic) bond motifs is 10. The van der Waals surface area contributed by atoms with Gasteiger partial charge in [0.25, 0.3) is 0 Å². The third kappa shape index (κ3) is 2.67. The van der Waals surface area contributed by atoms with Crippen LogP contribution in [0.4, 0.5) is 0 Å². The molecule has 0 aliphatic heterocycles. The number of para-hydroxylation sites is 3. The van der Waals surface area contributed by atoms with E-state index in [-0.39, 0.29) is 0 Å². The predicted octanol–water partition coefficient (Wildman–Crippen LogP) is 7.97. The Bertz CT molecular complexity index is 2400. The van der Waals surface area contributed by atoms with Crippen molar-refractivity contribution in [1.29, 1.82) is 0 Å². The van der Waals surface area contributed by atoms with Gasteiger partial charge in [0.1, 0.15) is 18.2 Å². The monoisotopic (exact) mass is 501 g/mol. The number of nitrogens with zero attached hydrogens (tertiary/aromatic N) is 5. The maximum atomic E-state index is 6.58. The third-order valence-corrected chi connectivity index (χ3v) is 7.78. The number of hydrogen-bond donors (Lipinski definition) is 0. The minimum absolute atomic E-state index is 0.593. The van der Waals surface area contributed by atoms with Crippen molar-refractivity contribution in [3.05, 3.63) is 116 Å². The van der Waals surface area contributed by atoms with E-state index in [2.05, 4.69) is 115 Å². The molecule has 0 N–H and O–H groups in total. The van der Waals surface area contributed by atoms with Crippen LogP contribution in [-0.4, -0.2) is 24.1 Å². The summed E-state index contributed by atoms with van der Waals surface area (Å²) in [6.07, 6.45) is 3.08. The SMILES string of the molecule is c1ccc2c(c1)oc1c2ccc2c3ccccc3n(-c3cccc4c3c3ccccc3n4-c3ncncn3)c21. The van der Waals surface area contributed by atoms with Crippen LogP contribution >= 0.6 is 0 Å². The summed E-state index contributed by atoms with van der Waals surface area (Å²) in [4.78, 5) is 13.0. The van der Waals surface area contributed by atoms with E-state index in [0.29, 0.717) is 5.95 Å². The van der Waals surface area contributed by atoms with Gasteiger partial charge in [0, 0.05) is 32.3 Å². The minimum atomic E-state index is 0.593. The van der Waals surface area contributed by atoms with E-state index >= 15 is 0 Å². The number of hydrogen-bond acceptors (Lipinski definition) is 4. The highest BCUT2D eigenvalue weighted by atomic mass is 16.3. The summed E-state index contributed by atoms with van der Waals surface area (Å²) in [5.41, 5.74) is 7.13. The highest BCUT2D eigenvalue weighted by molar-refractivity contribution is 6.23. The quantitative estimate of drug-likeness (QED) is 0.241. The Morgan fingerprint density at radius 3 is 2.03 bits per heavy atom. The lowest BCUT2D eigenvalue weighted by atomic mass is 10.1. The molecule has 4 heterocycles. The molecule has 0 bridgehead atoms. The molecule has 6 nitrogen and oxygen atoms in total. The molecule has 0 aliphatic rings. The van der Waals surface area contributed by atoms with Crippen LogP contribution in [0.1, 0.15) is 0 Å². The van der Waals surface area contributed by atoms with Crippen LogP contribution in [-0.2, 0) is 0 Å². The molecule has 0 unspecified atom stereocenters. The van der Waals surface area contributed by atoms with Crippen LogP contribution in [0.15, 0.2) is 120 Å². The van der Waals surface area contributed by atoms with Gasteiger partial charge in [0.15, 0.2) is 5.58 Å². The average Bonchev–Trinajstić information content (AvgIpc) is 3.65. The van der Waals surface area contributed by atoms with E-state index < -0.39 is 0 Å². The van der Waals surface area contributed by atoms with Gasteiger partial charge >= 0.3 is 0 Å². The second-order valence-electron chi connectivity index (χ2n) is 9.75. The zero-order chi connectivity index (χ0) is 25.5. The van der Waals surface area contributed by atoms with Gasteiger partial charge in [-0.05, 0) is 36.4 Å². The van der Waals surface area contributed by atoms with E-state index in [0.717, 1.165) is 65.9 Å². The van der Waals surface area contributed by atoms with E-state index in [4.69, 9.17) is 4.42 Å². The van der Waals surface area contributed by atoms with Gasteiger partial charge < -0.3 is 8.98 Å². The normalized spacial score (nSPS) is 12.1. The fourth-order valence-electron chi connectivity index (χ4n) is 6.23. The molecule has 0 spiro atoms. The molecule has 0 atom stereocenters. The fraction of sp³-hybridized carbons (Fsp3) is 0. The number of aromatic nitrogens is 5. The van der Waals surface area contributed by atoms with Gasteiger partial charge in [-0.2, -0.15) is 0 Å². The molecule has 0 aliphatic carbocycles. The Kier molecular flexibility index (Phi) is 3.96. The molecule has 0 saturated carbocycles. The zero-order valence-electron chi connectivity index (χ0n) is 20.6. The van der Waals surface area contributed by atoms with Gasteiger partial charge in [0.2, 0.25) is 5.95 Å². The van der Waals surface area contributed by atoms with Crippen molar-refractivity contribution < 1.29 is 4.42 Å². The molecular formula is C33H19N5O. The molecule has 0 amide bonds. The molecular weight excluding hydrogens is 482 g/mol. The second kappa shape index (κ2) is 7.52. The Morgan fingerprint density at radius 1 is 0.513 bits per heavy atom. The number of benzene rings is 5. The zero-order valence-corrected chi connectivity index (χ0v) is 20.6. The maximum Gasteiger partial charge on any atom is 0.237 e. The van der Waals surface area contributed by atoms with Crippen LogP contribution in [0.5, 0.6) is 0 Å². The summed E-state index contributed by atoms with van der Waals surface area (Å²) >= 11 is 0. The first-order chi connectivity index (χ1) is 19.4. The average molecular weight is 502 g/mol. The van der Waals surface area contributed by atoms with Crippen LogP contribution < -0.4 is 0 Å². The van der Waals surface area contributed by atoms with Gasteiger partial charge in [-0.25, -0.2) is 15.0 Å². The molecule has 5 aromatic carbocycles. The molecule has 39 heavy (non-hydrogen) atoms. The van der Waals surface area contributed by atoms with Gasteiger partial charge in [-0.3, -0.25) is 4.57 Å². The lowest BCUT2D eigenvalue weighted by molar-refractivity contribution is 0.671. The van der Waals surface area contributed by atoms with Crippen molar-refractivity contribution in [1.82, 2.24) is 24.1 Å². The van der Waals surface area contributed by atoms with Gasteiger partial charge in [0.05, 0.1) is 27.8 Å². The Balaban J connectivity index is 1.52. The van der Waals surface area contributed by atoms with E-state index in [1.807, 2.05) is 12.1 Å². The predicted molar refractivity (Wildman–Crippen MR) is 156 cm³/mol. The van der Waals surface area contributed by atoms with Crippen molar-refractivity contribution in [2.24, 2.45) is 0 Å². The van der Waals surface area contributed by atoms with E-state index in [9.17, 15) is 0 Å². The molecule has 4 aromatic heterocycles. The van der Waals surface area contributed by atoms with E-state index in [1.165, 1.54) is 18.0 Å². The molecule has 9 rings (SSSR count). The highest BCUT2D eigenvalue weighted by Crippen LogP contribution is 2.43. The molecule has 182 valence electrons. The topological polar surface area (TPSA) is 61.7 Å². The van der Waals surface area contributed by atoms with Crippen LogP contribution in [0.3, 0.4) is 0 Å². The van der Waals surface area contributed by atoms with Crippen molar-refractivity contribution in [2.75, 3.05) is 0 Å². The number of rotatable bonds is 2. The minimum Gasteiger partial charge on any atom is -0.454 e. The van der Waals surface area contributed by atoms with E-state index in [1.54, 1.807) is 0 Å². The molecule has 0 saturated heterocycles. The summed E-state index contributed by atoms with van der Waals surface area (Å²) in [6, 6.07) is 36.1. The molecule has 9 aromatic rings. The summed E-state index contributed by atoms with van der Waals surface area (Å²) in [5.74, 6) is 0.593. The van der Waals surface area contributed by atoms with Crippen molar-refractivity contribution in [2.45, 2.75) is 0 Å². The first kappa shape index (κ1) is 20.6. The fourth-order valence-corrected chi connectivity index (χ4v) is 6.23. The highest BCUT2D eigenvalue weighted by Gasteiger charge is 2.22. The lowest BCUT2D eigenvalue weighted by Crippen LogP contribution is -2.01. The summed E-state index contributed by atoms with van der Waals surface area (Å²) in [7, 11) is 0. The Hall–Kier alpha value is -5.49. The largest absolute Gasteiger partial charge is 0.454 e. The van der Waals surface area contributed by atoms with Gasteiger partial charge in [-0.1, -0.05) is 66.7 Å². The molecule has 0 radical (unpaired) electrons. The van der Waals surface area contributed by atoms with Crippen molar-refractivity contribution in [3.8, 4) is 11.6 Å².